The van der Waals surface area contributed by atoms with Crippen LogP contribution in [0.2, 0.25) is 0 Å². The molecule has 1 aromatic rings. The van der Waals surface area contributed by atoms with Crippen LogP contribution in [-0.4, -0.2) is 52.1 Å². The van der Waals surface area contributed by atoms with Gasteiger partial charge in [-0.1, -0.05) is 30.7 Å². The zero-order valence-corrected chi connectivity index (χ0v) is 15.3. The average Bonchev–Trinajstić information content (AvgIpc) is 2.93. The third kappa shape index (κ3) is 1.63. The number of aliphatic hydroxyl groups excluding tert-OH is 1. The van der Waals surface area contributed by atoms with Crippen molar-refractivity contribution < 1.29 is 14.9 Å². The number of piperidine rings is 1. The Morgan fingerprint density at radius 3 is 2.92 bits per heavy atom. The molecule has 1 saturated heterocycles. The monoisotopic (exact) mass is 353 g/mol. The fourth-order valence-corrected chi connectivity index (χ4v) is 6.54. The number of hydrogen-bond acceptors (Lipinski definition) is 4. The molecule has 0 radical (unpaired) electrons. The van der Waals surface area contributed by atoms with Gasteiger partial charge in [-0.25, -0.2) is 0 Å². The molecule has 5 aliphatic rings. The summed E-state index contributed by atoms with van der Waals surface area (Å²) in [6, 6.07) is 4.44. The first-order chi connectivity index (χ1) is 12.5. The second-order valence-electron chi connectivity index (χ2n) is 9.19. The largest absolute Gasteiger partial charge is 0.486 e. The maximum Gasteiger partial charge on any atom is 0.141 e. The molecule has 4 heteroatoms. The molecular weight excluding hydrogens is 326 g/mol. The Bertz CT molecular complexity index is 816. The first-order valence-corrected chi connectivity index (χ1v) is 10.2. The number of ether oxygens (including phenoxy) is 1. The van der Waals surface area contributed by atoms with Crippen molar-refractivity contribution in [1.29, 1.82) is 0 Å². The van der Waals surface area contributed by atoms with Gasteiger partial charge in [-0.15, -0.1) is 0 Å². The molecule has 2 bridgehead atoms. The number of hydrogen-bond donors (Lipinski definition) is 2. The van der Waals surface area contributed by atoms with Crippen LogP contribution in [0.15, 0.2) is 24.3 Å². The lowest BCUT2D eigenvalue weighted by Gasteiger charge is -2.62. The lowest BCUT2D eigenvalue weighted by atomic mass is 9.50. The van der Waals surface area contributed by atoms with Gasteiger partial charge in [0.15, 0.2) is 0 Å². The summed E-state index contributed by atoms with van der Waals surface area (Å²) in [5, 5.41) is 22.8. The van der Waals surface area contributed by atoms with Gasteiger partial charge < -0.3 is 14.9 Å². The van der Waals surface area contributed by atoms with Crippen molar-refractivity contribution in [3.8, 4) is 5.75 Å². The SMILES string of the molecule is Cc1ccc2c3c1OC1C(O)C=CC4(O)C(C2)N(CC2CCC2)CCC314. The molecule has 0 amide bonds. The molecule has 26 heavy (non-hydrogen) atoms. The van der Waals surface area contributed by atoms with Crippen molar-refractivity contribution >= 4 is 0 Å². The second kappa shape index (κ2) is 4.92. The molecule has 5 atom stereocenters. The molecule has 2 fully saturated rings. The molecule has 6 rings (SSSR count). The summed E-state index contributed by atoms with van der Waals surface area (Å²) in [6.07, 6.45) is 8.37. The average molecular weight is 353 g/mol. The van der Waals surface area contributed by atoms with E-state index in [4.69, 9.17) is 4.74 Å². The summed E-state index contributed by atoms with van der Waals surface area (Å²) in [6.45, 7) is 4.15. The van der Waals surface area contributed by atoms with Crippen LogP contribution in [0.4, 0.5) is 0 Å². The summed E-state index contributed by atoms with van der Waals surface area (Å²) in [7, 11) is 0. The number of rotatable bonds is 2. The molecular formula is C22H27NO3. The molecule has 1 spiro atoms. The maximum atomic E-state index is 12.1. The van der Waals surface area contributed by atoms with E-state index in [1.807, 2.05) is 6.08 Å². The Hall–Kier alpha value is -1.36. The smallest absolute Gasteiger partial charge is 0.141 e. The predicted molar refractivity (Wildman–Crippen MR) is 98.4 cm³/mol. The van der Waals surface area contributed by atoms with Crippen LogP contribution in [0.3, 0.4) is 0 Å². The highest BCUT2D eigenvalue weighted by atomic mass is 16.5. The van der Waals surface area contributed by atoms with Gasteiger partial charge in [0, 0.05) is 18.2 Å². The fourth-order valence-electron chi connectivity index (χ4n) is 6.54. The zero-order valence-electron chi connectivity index (χ0n) is 15.3. The quantitative estimate of drug-likeness (QED) is 0.800. The zero-order chi connectivity index (χ0) is 17.7. The summed E-state index contributed by atoms with van der Waals surface area (Å²) >= 11 is 0. The Balaban J connectivity index is 1.54. The molecule has 2 aliphatic heterocycles. The van der Waals surface area contributed by atoms with Gasteiger partial charge in [0.25, 0.3) is 0 Å². The van der Waals surface area contributed by atoms with Crippen molar-refractivity contribution in [2.75, 3.05) is 13.1 Å². The van der Waals surface area contributed by atoms with Gasteiger partial charge in [0.05, 0.1) is 5.41 Å². The number of aryl methyl sites for hydroxylation is 1. The highest BCUT2D eigenvalue weighted by Gasteiger charge is 2.71. The Kier molecular flexibility index (Phi) is 2.96. The maximum absolute atomic E-state index is 12.1. The van der Waals surface area contributed by atoms with Gasteiger partial charge in [-0.05, 0) is 56.2 Å². The van der Waals surface area contributed by atoms with E-state index < -0.39 is 17.1 Å². The van der Waals surface area contributed by atoms with Gasteiger partial charge in [0.2, 0.25) is 0 Å². The van der Waals surface area contributed by atoms with E-state index in [1.54, 1.807) is 6.08 Å². The fraction of sp³-hybridized carbons (Fsp3) is 0.636. The standard InChI is InChI=1S/C22H27NO3/c1-13-5-6-15-11-17-22(25)8-7-16(24)20-21(22,18(15)19(13)26-20)9-10-23(17)12-14-3-2-4-14/h5-8,14,16-17,20,24-25H,2-4,9-12H2,1H3. The summed E-state index contributed by atoms with van der Waals surface area (Å²) in [4.78, 5) is 2.54. The lowest BCUT2D eigenvalue weighted by Crippen LogP contribution is -2.75. The van der Waals surface area contributed by atoms with Crippen LogP contribution in [-0.2, 0) is 11.8 Å². The van der Waals surface area contributed by atoms with Crippen molar-refractivity contribution in [1.82, 2.24) is 4.90 Å². The van der Waals surface area contributed by atoms with E-state index in [1.165, 1.54) is 30.4 Å². The molecule has 2 heterocycles. The van der Waals surface area contributed by atoms with Gasteiger partial charge in [0.1, 0.15) is 23.6 Å². The first-order valence-electron chi connectivity index (χ1n) is 10.2. The summed E-state index contributed by atoms with van der Waals surface area (Å²) in [5.41, 5.74) is 2.15. The summed E-state index contributed by atoms with van der Waals surface area (Å²) < 4.78 is 6.36. The molecule has 1 aromatic carbocycles. The first kappa shape index (κ1) is 15.7. The Labute approximate surface area is 154 Å². The minimum Gasteiger partial charge on any atom is -0.486 e. The number of benzene rings is 1. The molecule has 4 nitrogen and oxygen atoms in total. The third-order valence-electron chi connectivity index (χ3n) is 8.06. The van der Waals surface area contributed by atoms with Crippen molar-refractivity contribution in [3.63, 3.8) is 0 Å². The molecule has 138 valence electrons. The van der Waals surface area contributed by atoms with E-state index in [2.05, 4.69) is 24.0 Å². The normalized spacial score (nSPS) is 43.0. The topological polar surface area (TPSA) is 52.9 Å². The number of aliphatic hydroxyl groups is 2. The highest BCUT2D eigenvalue weighted by molar-refractivity contribution is 5.62. The summed E-state index contributed by atoms with van der Waals surface area (Å²) in [5.74, 6) is 1.70. The van der Waals surface area contributed by atoms with Crippen LogP contribution in [0, 0.1) is 12.8 Å². The molecule has 2 N–H and O–H groups in total. The highest BCUT2D eigenvalue weighted by Crippen LogP contribution is 2.63. The molecule has 1 saturated carbocycles. The number of nitrogens with zero attached hydrogens (tertiary/aromatic N) is 1. The van der Waals surface area contributed by atoms with Crippen molar-refractivity contribution in [2.24, 2.45) is 5.92 Å². The lowest BCUT2D eigenvalue weighted by molar-refractivity contribution is -0.159. The Morgan fingerprint density at radius 2 is 2.15 bits per heavy atom. The van der Waals surface area contributed by atoms with E-state index in [0.29, 0.717) is 0 Å². The van der Waals surface area contributed by atoms with Crippen molar-refractivity contribution in [3.05, 3.63) is 41.0 Å². The van der Waals surface area contributed by atoms with E-state index in [-0.39, 0.29) is 12.1 Å². The van der Waals surface area contributed by atoms with Crippen molar-refractivity contribution in [2.45, 2.75) is 68.3 Å². The van der Waals surface area contributed by atoms with E-state index >= 15 is 0 Å². The minimum absolute atomic E-state index is 0.0767. The molecule has 3 aliphatic carbocycles. The number of likely N-dealkylation sites (tertiary alicyclic amines) is 1. The van der Waals surface area contributed by atoms with Gasteiger partial charge >= 0.3 is 0 Å². The second-order valence-corrected chi connectivity index (χ2v) is 9.19. The Morgan fingerprint density at radius 1 is 1.31 bits per heavy atom. The minimum atomic E-state index is -0.953. The van der Waals surface area contributed by atoms with Crippen LogP contribution < -0.4 is 4.74 Å². The van der Waals surface area contributed by atoms with E-state index in [9.17, 15) is 10.2 Å². The van der Waals surface area contributed by atoms with Crippen LogP contribution in [0.1, 0.15) is 42.4 Å². The molecule has 5 unspecified atom stereocenters. The van der Waals surface area contributed by atoms with E-state index in [0.717, 1.165) is 43.2 Å². The predicted octanol–water partition coefficient (Wildman–Crippen LogP) is 2.09. The third-order valence-corrected chi connectivity index (χ3v) is 8.06. The van der Waals surface area contributed by atoms with Crippen LogP contribution >= 0.6 is 0 Å². The van der Waals surface area contributed by atoms with Crippen LogP contribution in [0.5, 0.6) is 5.75 Å². The molecule has 0 aromatic heterocycles. The van der Waals surface area contributed by atoms with Crippen LogP contribution in [0.25, 0.3) is 0 Å². The van der Waals surface area contributed by atoms with Gasteiger partial charge in [-0.3, -0.25) is 4.90 Å². The van der Waals surface area contributed by atoms with Gasteiger partial charge in [-0.2, -0.15) is 0 Å².